The fourth-order valence-corrected chi connectivity index (χ4v) is 4.80. The number of carbonyl (C=O) groups is 1. The maximum Gasteiger partial charge on any atom is 0.223 e. The standard InChI is InChI=1S/C19H34N2O/c22-19(21-12-5-2-6-13-21)11-15-20-14-7-10-18(20)16-17-8-3-1-4-9-17/h17-18H,1-16H2/t18-/m1/s1. The third kappa shape index (κ3) is 4.47. The average molecular weight is 306 g/mol. The van der Waals surface area contributed by atoms with Gasteiger partial charge < -0.3 is 4.90 Å². The van der Waals surface area contributed by atoms with Crippen molar-refractivity contribution in [1.82, 2.24) is 9.80 Å². The van der Waals surface area contributed by atoms with E-state index < -0.39 is 0 Å². The second kappa shape index (κ2) is 8.33. The number of hydrogen-bond donors (Lipinski definition) is 0. The van der Waals surface area contributed by atoms with Crippen LogP contribution in [0.2, 0.25) is 0 Å². The van der Waals surface area contributed by atoms with Gasteiger partial charge in [0.2, 0.25) is 5.91 Å². The molecule has 2 saturated heterocycles. The van der Waals surface area contributed by atoms with E-state index in [0.717, 1.165) is 38.0 Å². The molecule has 3 nitrogen and oxygen atoms in total. The highest BCUT2D eigenvalue weighted by Crippen LogP contribution is 2.32. The Morgan fingerprint density at radius 3 is 2.32 bits per heavy atom. The molecule has 1 aliphatic carbocycles. The minimum atomic E-state index is 0.406. The molecule has 0 radical (unpaired) electrons. The lowest BCUT2D eigenvalue weighted by molar-refractivity contribution is -0.132. The summed E-state index contributed by atoms with van der Waals surface area (Å²) >= 11 is 0. The Balaban J connectivity index is 1.41. The molecule has 3 rings (SSSR count). The molecular formula is C19H34N2O. The Morgan fingerprint density at radius 2 is 1.55 bits per heavy atom. The average Bonchev–Trinajstić information content (AvgIpc) is 3.01. The SMILES string of the molecule is O=C(CCN1CCC[C@@H]1CC1CCCCC1)N1CCCCC1. The van der Waals surface area contributed by atoms with Gasteiger partial charge in [0.1, 0.15) is 0 Å². The van der Waals surface area contributed by atoms with E-state index in [-0.39, 0.29) is 0 Å². The molecule has 2 aliphatic heterocycles. The smallest absolute Gasteiger partial charge is 0.223 e. The molecule has 2 heterocycles. The zero-order valence-corrected chi connectivity index (χ0v) is 14.3. The van der Waals surface area contributed by atoms with Gasteiger partial charge in [0.05, 0.1) is 0 Å². The molecule has 126 valence electrons. The third-order valence-electron chi connectivity index (χ3n) is 6.15. The van der Waals surface area contributed by atoms with E-state index >= 15 is 0 Å². The van der Waals surface area contributed by atoms with E-state index in [1.54, 1.807) is 0 Å². The second-order valence-electron chi connectivity index (χ2n) is 7.76. The van der Waals surface area contributed by atoms with Crippen molar-refractivity contribution < 1.29 is 4.79 Å². The van der Waals surface area contributed by atoms with Crippen LogP contribution in [0.1, 0.15) is 77.0 Å². The summed E-state index contributed by atoms with van der Waals surface area (Å²) in [5, 5.41) is 0. The third-order valence-corrected chi connectivity index (χ3v) is 6.15. The molecule has 0 aromatic rings. The zero-order chi connectivity index (χ0) is 15.2. The number of piperidine rings is 1. The normalized spacial score (nSPS) is 28.2. The Morgan fingerprint density at radius 1 is 0.818 bits per heavy atom. The highest BCUT2D eigenvalue weighted by molar-refractivity contribution is 5.76. The van der Waals surface area contributed by atoms with Crippen LogP contribution in [0, 0.1) is 5.92 Å². The molecule has 3 heteroatoms. The van der Waals surface area contributed by atoms with E-state index in [9.17, 15) is 4.79 Å². The van der Waals surface area contributed by atoms with Gasteiger partial charge >= 0.3 is 0 Å². The van der Waals surface area contributed by atoms with Gasteiger partial charge in [0.15, 0.2) is 0 Å². The Kier molecular flexibility index (Phi) is 6.17. The van der Waals surface area contributed by atoms with Gasteiger partial charge in [-0.15, -0.1) is 0 Å². The maximum absolute atomic E-state index is 12.4. The van der Waals surface area contributed by atoms with Crippen LogP contribution in [-0.4, -0.2) is 47.9 Å². The van der Waals surface area contributed by atoms with Gasteiger partial charge in [-0.05, 0) is 51.0 Å². The van der Waals surface area contributed by atoms with Crippen LogP contribution in [0.15, 0.2) is 0 Å². The summed E-state index contributed by atoms with van der Waals surface area (Å²) in [4.78, 5) is 17.1. The molecule has 3 aliphatic rings. The van der Waals surface area contributed by atoms with E-state index in [4.69, 9.17) is 0 Å². The summed E-state index contributed by atoms with van der Waals surface area (Å²) in [5.41, 5.74) is 0. The van der Waals surface area contributed by atoms with Crippen molar-refractivity contribution in [3.05, 3.63) is 0 Å². The molecule has 1 atom stereocenters. The molecule has 1 amide bonds. The van der Waals surface area contributed by atoms with Crippen LogP contribution in [0.4, 0.5) is 0 Å². The molecule has 3 fully saturated rings. The van der Waals surface area contributed by atoms with Gasteiger partial charge in [-0.25, -0.2) is 0 Å². The van der Waals surface area contributed by atoms with E-state index in [0.29, 0.717) is 5.91 Å². The fourth-order valence-electron chi connectivity index (χ4n) is 4.80. The summed E-state index contributed by atoms with van der Waals surface area (Å²) < 4.78 is 0. The van der Waals surface area contributed by atoms with Crippen molar-refractivity contribution in [2.75, 3.05) is 26.2 Å². The Labute approximate surface area is 136 Å². The van der Waals surface area contributed by atoms with E-state index in [2.05, 4.69) is 9.80 Å². The lowest BCUT2D eigenvalue weighted by Gasteiger charge is -2.31. The van der Waals surface area contributed by atoms with Crippen LogP contribution < -0.4 is 0 Å². The van der Waals surface area contributed by atoms with Crippen molar-refractivity contribution >= 4 is 5.91 Å². The van der Waals surface area contributed by atoms with Crippen molar-refractivity contribution in [3.8, 4) is 0 Å². The Bertz CT molecular complexity index is 345. The number of hydrogen-bond acceptors (Lipinski definition) is 2. The van der Waals surface area contributed by atoms with Crippen molar-refractivity contribution in [1.29, 1.82) is 0 Å². The predicted molar refractivity (Wildman–Crippen MR) is 90.8 cm³/mol. The monoisotopic (exact) mass is 306 g/mol. The molecule has 0 spiro atoms. The van der Waals surface area contributed by atoms with Crippen LogP contribution in [0.25, 0.3) is 0 Å². The first-order valence-electron chi connectivity index (χ1n) is 9.85. The largest absolute Gasteiger partial charge is 0.343 e. The van der Waals surface area contributed by atoms with Crippen LogP contribution in [0.3, 0.4) is 0 Å². The van der Waals surface area contributed by atoms with Gasteiger partial charge in [-0.3, -0.25) is 9.69 Å². The van der Waals surface area contributed by atoms with E-state index in [1.807, 2.05) is 0 Å². The molecule has 0 aromatic heterocycles. The van der Waals surface area contributed by atoms with Crippen molar-refractivity contribution in [3.63, 3.8) is 0 Å². The zero-order valence-electron chi connectivity index (χ0n) is 14.3. The van der Waals surface area contributed by atoms with E-state index in [1.165, 1.54) is 77.2 Å². The summed E-state index contributed by atoms with van der Waals surface area (Å²) in [5.74, 6) is 1.38. The van der Waals surface area contributed by atoms with Crippen molar-refractivity contribution in [2.24, 2.45) is 5.92 Å². The van der Waals surface area contributed by atoms with Crippen LogP contribution >= 0.6 is 0 Å². The number of nitrogens with zero attached hydrogens (tertiary/aromatic N) is 2. The first kappa shape index (κ1) is 16.3. The molecule has 0 N–H and O–H groups in total. The molecule has 0 aromatic carbocycles. The topological polar surface area (TPSA) is 23.6 Å². The maximum atomic E-state index is 12.4. The minimum Gasteiger partial charge on any atom is -0.343 e. The van der Waals surface area contributed by atoms with Gasteiger partial charge in [0.25, 0.3) is 0 Å². The Hall–Kier alpha value is -0.570. The number of carbonyl (C=O) groups excluding carboxylic acids is 1. The minimum absolute atomic E-state index is 0.406. The van der Waals surface area contributed by atoms with Crippen LogP contribution in [0.5, 0.6) is 0 Å². The van der Waals surface area contributed by atoms with Gasteiger partial charge in [-0.1, -0.05) is 32.1 Å². The summed E-state index contributed by atoms with van der Waals surface area (Å²) in [6.07, 6.45) is 15.8. The number of likely N-dealkylation sites (tertiary alicyclic amines) is 2. The van der Waals surface area contributed by atoms with Crippen molar-refractivity contribution in [2.45, 2.75) is 83.1 Å². The molecule has 0 unspecified atom stereocenters. The fraction of sp³-hybridized carbons (Fsp3) is 0.947. The molecular weight excluding hydrogens is 272 g/mol. The number of amides is 1. The number of rotatable bonds is 5. The summed E-state index contributed by atoms with van der Waals surface area (Å²) in [7, 11) is 0. The first-order valence-corrected chi connectivity index (χ1v) is 9.85. The molecule has 0 bridgehead atoms. The lowest BCUT2D eigenvalue weighted by Crippen LogP contribution is -2.39. The summed E-state index contributed by atoms with van der Waals surface area (Å²) in [6, 6.07) is 0.775. The quantitative estimate of drug-likeness (QED) is 0.771. The predicted octanol–water partition coefficient (Wildman–Crippen LogP) is 3.82. The molecule has 22 heavy (non-hydrogen) atoms. The van der Waals surface area contributed by atoms with Crippen LogP contribution in [-0.2, 0) is 4.79 Å². The van der Waals surface area contributed by atoms with Gasteiger partial charge in [0, 0.05) is 32.1 Å². The molecule has 1 saturated carbocycles. The van der Waals surface area contributed by atoms with Gasteiger partial charge in [-0.2, -0.15) is 0 Å². The lowest BCUT2D eigenvalue weighted by atomic mass is 9.84. The first-order chi connectivity index (χ1) is 10.8. The highest BCUT2D eigenvalue weighted by atomic mass is 16.2. The second-order valence-corrected chi connectivity index (χ2v) is 7.76. The highest BCUT2D eigenvalue weighted by Gasteiger charge is 2.28. The summed E-state index contributed by atoms with van der Waals surface area (Å²) in [6.45, 7) is 4.24.